The Morgan fingerprint density at radius 3 is 2.58 bits per heavy atom. The Bertz CT molecular complexity index is 874. The van der Waals surface area contributed by atoms with Gasteiger partial charge in [0, 0.05) is 17.3 Å². The predicted molar refractivity (Wildman–Crippen MR) is 123 cm³/mol. The minimum Gasteiger partial charge on any atom is -0.399 e. The van der Waals surface area contributed by atoms with Gasteiger partial charge in [-0.25, -0.2) is 0 Å². The second kappa shape index (κ2) is 7.15. The van der Waals surface area contributed by atoms with Crippen molar-refractivity contribution in [3.63, 3.8) is 0 Å². The van der Waals surface area contributed by atoms with Crippen LogP contribution >= 0.6 is 0 Å². The van der Waals surface area contributed by atoms with Gasteiger partial charge in [-0.05, 0) is 49.4 Å². The Morgan fingerprint density at radius 2 is 1.91 bits per heavy atom. The lowest BCUT2D eigenvalue weighted by molar-refractivity contribution is -0.331. The van der Waals surface area contributed by atoms with E-state index >= 15 is 0 Å². The van der Waals surface area contributed by atoms with Gasteiger partial charge in [-0.1, -0.05) is 39.8 Å². The van der Waals surface area contributed by atoms with Crippen LogP contribution in [0.15, 0.2) is 5.16 Å². The topological polar surface area (TPSA) is 126 Å². The summed E-state index contributed by atoms with van der Waals surface area (Å²) in [7, 11) is 1.60. The van der Waals surface area contributed by atoms with Crippen LogP contribution in [0.2, 0.25) is 0 Å². The average Bonchev–Trinajstić information content (AvgIpc) is 2.93. The van der Waals surface area contributed by atoms with Gasteiger partial charge in [-0.2, -0.15) is 0 Å². The van der Waals surface area contributed by atoms with Crippen molar-refractivity contribution < 1.29 is 24.6 Å². The van der Waals surface area contributed by atoms with Crippen molar-refractivity contribution in [2.24, 2.45) is 57.2 Å². The first-order valence-corrected chi connectivity index (χ1v) is 12.6. The predicted octanol–water partition coefficient (Wildman–Crippen LogP) is 1.98. The third-order valence-electron chi connectivity index (χ3n) is 10.7. The second-order valence-electron chi connectivity index (χ2n) is 12.5. The van der Waals surface area contributed by atoms with E-state index in [1.807, 2.05) is 0 Å². The third-order valence-corrected chi connectivity index (χ3v) is 10.7. The maximum absolute atomic E-state index is 12.6. The van der Waals surface area contributed by atoms with Crippen LogP contribution in [0.1, 0.15) is 66.7 Å². The van der Waals surface area contributed by atoms with Crippen LogP contribution in [0.3, 0.4) is 0 Å². The summed E-state index contributed by atoms with van der Waals surface area (Å²) < 4.78 is 7.27. The van der Waals surface area contributed by atoms with Crippen LogP contribution in [0.25, 0.3) is 0 Å². The molecule has 0 aromatic heterocycles. The largest absolute Gasteiger partial charge is 0.399 e. The molecule has 8 nitrogen and oxygen atoms in total. The van der Waals surface area contributed by atoms with E-state index in [2.05, 4.69) is 45.1 Å². The molecule has 33 heavy (non-hydrogen) atoms. The number of aliphatic hydroxyl groups is 2. The highest BCUT2D eigenvalue weighted by atomic mass is 16.6. The highest BCUT2D eigenvalue weighted by molar-refractivity contribution is 5.92. The average molecular weight is 464 g/mol. The first-order valence-electron chi connectivity index (χ1n) is 12.6. The molecule has 3 saturated carbocycles. The highest BCUT2D eigenvalue weighted by Gasteiger charge is 2.72. The zero-order chi connectivity index (χ0) is 24.1. The number of nitrogens with zero attached hydrogens (tertiary/aromatic N) is 1. The molecule has 0 aromatic carbocycles. The lowest BCUT2D eigenvalue weighted by atomic mass is 9.41. The van der Waals surface area contributed by atoms with E-state index in [-0.39, 0.29) is 34.5 Å². The van der Waals surface area contributed by atoms with Gasteiger partial charge < -0.3 is 25.1 Å². The van der Waals surface area contributed by atoms with Crippen LogP contribution in [0.4, 0.5) is 0 Å². The molecule has 5 N–H and O–H groups in total. The fourth-order valence-electron chi connectivity index (χ4n) is 9.05. The van der Waals surface area contributed by atoms with Gasteiger partial charge in [-0.15, -0.1) is 0 Å². The maximum Gasteiger partial charge on any atom is 0.227 e. The van der Waals surface area contributed by atoms with Crippen molar-refractivity contribution in [3.8, 4) is 0 Å². The van der Waals surface area contributed by atoms with Crippen molar-refractivity contribution in [1.82, 2.24) is 5.32 Å². The minimum absolute atomic E-state index is 0.154. The number of hydrogen-bond acceptors (Lipinski definition) is 7. The molecule has 5 rings (SSSR count). The first kappa shape index (κ1) is 23.5. The molecule has 0 aromatic rings. The summed E-state index contributed by atoms with van der Waals surface area (Å²) in [4.78, 5) is 17.9. The third kappa shape index (κ3) is 2.90. The summed E-state index contributed by atoms with van der Waals surface area (Å²) in [5, 5.41) is 29.2. The number of amides is 1. The molecular weight excluding hydrogens is 422 g/mol. The zero-order valence-electron chi connectivity index (χ0n) is 20.8. The van der Waals surface area contributed by atoms with Gasteiger partial charge in [0.25, 0.3) is 0 Å². The summed E-state index contributed by atoms with van der Waals surface area (Å²) in [6, 6.07) is 0. The molecule has 3 aliphatic carbocycles. The Kier molecular flexibility index (Phi) is 5.10. The number of carbonyl (C=O) groups is 1. The van der Waals surface area contributed by atoms with Gasteiger partial charge in [0.1, 0.15) is 7.11 Å². The van der Waals surface area contributed by atoms with Crippen LogP contribution in [0.5, 0.6) is 0 Å². The molecule has 5 aliphatic rings. The van der Waals surface area contributed by atoms with Crippen molar-refractivity contribution in [3.05, 3.63) is 0 Å². The maximum atomic E-state index is 12.6. The van der Waals surface area contributed by atoms with Gasteiger partial charge in [0.15, 0.2) is 5.85 Å². The summed E-state index contributed by atoms with van der Waals surface area (Å²) >= 11 is 0. The molecule has 1 spiro atoms. The molecule has 5 fully saturated rings. The first-order chi connectivity index (χ1) is 15.3. The number of nitrogens with two attached hydrogens (primary N) is 1. The molecule has 0 bridgehead atoms. The van der Waals surface area contributed by atoms with E-state index < -0.39 is 35.5 Å². The van der Waals surface area contributed by atoms with Crippen molar-refractivity contribution in [2.75, 3.05) is 7.11 Å². The molecule has 2 heterocycles. The monoisotopic (exact) mass is 463 g/mol. The van der Waals surface area contributed by atoms with Gasteiger partial charge in [0.2, 0.25) is 5.91 Å². The van der Waals surface area contributed by atoms with Gasteiger partial charge >= 0.3 is 0 Å². The molecule has 186 valence electrons. The van der Waals surface area contributed by atoms with E-state index in [1.54, 1.807) is 7.11 Å². The lowest BCUT2D eigenvalue weighted by Gasteiger charge is -2.70. The van der Waals surface area contributed by atoms with E-state index in [0.29, 0.717) is 12.3 Å². The molecule has 11 atom stereocenters. The Labute approximate surface area is 196 Å². The second-order valence-corrected chi connectivity index (χ2v) is 12.5. The summed E-state index contributed by atoms with van der Waals surface area (Å²) in [5.74, 6) is -2.64. The summed E-state index contributed by atoms with van der Waals surface area (Å²) in [5.41, 5.74) is 6.44. The molecule has 1 amide bonds. The number of carbonyl (C=O) groups excluding carboxylic acids is 1. The van der Waals surface area contributed by atoms with E-state index in [4.69, 9.17) is 15.3 Å². The summed E-state index contributed by atoms with van der Waals surface area (Å²) in [6.45, 7) is 11.3. The highest BCUT2D eigenvalue weighted by Crippen LogP contribution is 2.69. The van der Waals surface area contributed by atoms with Crippen molar-refractivity contribution in [2.45, 2.75) is 90.4 Å². The Balaban J connectivity index is 1.64. The van der Waals surface area contributed by atoms with Crippen LogP contribution < -0.4 is 11.1 Å². The molecule has 2 saturated heterocycles. The quantitative estimate of drug-likeness (QED) is 0.348. The number of nitrogens with one attached hydrogen (secondary N) is 1. The molecule has 8 heteroatoms. The van der Waals surface area contributed by atoms with Crippen molar-refractivity contribution >= 4 is 11.6 Å². The number of aliphatic hydroxyl groups excluding tert-OH is 1. The zero-order valence-corrected chi connectivity index (χ0v) is 20.8. The lowest BCUT2D eigenvalue weighted by Crippen LogP contribution is -2.74. The van der Waals surface area contributed by atoms with Gasteiger partial charge in [-0.3, -0.25) is 10.5 Å². The van der Waals surface area contributed by atoms with Crippen molar-refractivity contribution in [1.29, 1.82) is 0 Å². The Morgan fingerprint density at radius 1 is 1.21 bits per heavy atom. The molecular formula is C25H41N3O5. The fourth-order valence-corrected chi connectivity index (χ4v) is 9.05. The number of fused-ring (bicyclic) bond motifs is 3. The van der Waals surface area contributed by atoms with E-state index in [0.717, 1.165) is 31.4 Å². The minimum atomic E-state index is -1.83. The van der Waals surface area contributed by atoms with Crippen LogP contribution in [-0.4, -0.2) is 52.6 Å². The molecule has 0 radical (unpaired) electrons. The number of rotatable bonds is 1. The summed E-state index contributed by atoms with van der Waals surface area (Å²) in [6.07, 6.45) is 2.86. The molecule has 2 aliphatic heterocycles. The van der Waals surface area contributed by atoms with Crippen LogP contribution in [-0.2, 0) is 14.4 Å². The SMILES string of the molecule is CON=C1C(C)CC23OC4C(CC2(C)C(C)CCC3C1(C)C)C(O)CC1C(=O)NC(N)(O)C14. The molecule has 11 unspecified atom stereocenters. The van der Waals surface area contributed by atoms with E-state index in [9.17, 15) is 15.0 Å². The normalized spacial score (nSPS) is 56.3. The number of ether oxygens (including phenoxy) is 1. The van der Waals surface area contributed by atoms with Crippen LogP contribution in [0, 0.1) is 46.3 Å². The fraction of sp³-hybridized carbons (Fsp3) is 0.920. The van der Waals surface area contributed by atoms with Gasteiger partial charge in [0.05, 0.1) is 35.4 Å². The number of oxime groups is 1. The smallest absolute Gasteiger partial charge is 0.227 e. The Hall–Kier alpha value is -1.22. The number of hydrogen-bond donors (Lipinski definition) is 4. The van der Waals surface area contributed by atoms with E-state index in [1.165, 1.54) is 0 Å². The standard InChI is InChI=1S/C25H41N3O5/c1-12-10-24-17(22(3,4)20(12)28-32-6)8-7-13(2)23(24,5)11-15-16(29)9-14-18(19(15)33-24)25(26,31)27-21(14)30/h12-19,29,31H,7-11,26H2,1-6H3,(H,27,30).